The van der Waals surface area contributed by atoms with Gasteiger partial charge in [-0.1, -0.05) is 25.5 Å². The topological polar surface area (TPSA) is 110 Å². The van der Waals surface area contributed by atoms with Gasteiger partial charge in [-0.2, -0.15) is 0 Å². The quantitative estimate of drug-likeness (QED) is 0.216. The standard InChI is InChI=1S/C12H19NO5.Na/c1-2-3-4-5-6-10(14)13-9(12(17)18)7-8-11(15)16;/h4-5,9H,2-3,6-8H2,1H3,(H,13,14)(H,15,16)(H,17,18);/q;+1/p-1/b5-4+;/t9-;/m0./s1. The van der Waals surface area contributed by atoms with Gasteiger partial charge in [-0.25, -0.2) is 4.79 Å². The van der Waals surface area contributed by atoms with Crippen LogP contribution in [0.25, 0.3) is 0 Å². The molecule has 7 heteroatoms. The second-order valence-electron chi connectivity index (χ2n) is 3.77. The number of hydrogen-bond donors (Lipinski definition) is 2. The van der Waals surface area contributed by atoms with Gasteiger partial charge in [0.15, 0.2) is 0 Å². The minimum absolute atomic E-state index is 0. The van der Waals surface area contributed by atoms with Crippen molar-refractivity contribution in [1.29, 1.82) is 0 Å². The zero-order valence-corrected chi connectivity index (χ0v) is 13.3. The molecule has 0 rings (SSSR count). The summed E-state index contributed by atoms with van der Waals surface area (Å²) in [5.41, 5.74) is 0. The molecule has 0 aliphatic carbocycles. The Morgan fingerprint density at radius 3 is 2.42 bits per heavy atom. The SMILES string of the molecule is CCC/C=C/CC([O-])=N[C@@H](CCC(=O)O)C(=O)O.[Na+]. The fourth-order valence-corrected chi connectivity index (χ4v) is 1.20. The van der Waals surface area contributed by atoms with E-state index < -0.39 is 23.9 Å². The van der Waals surface area contributed by atoms with Gasteiger partial charge in [0.25, 0.3) is 0 Å². The third kappa shape index (κ3) is 11.9. The Kier molecular flexibility index (Phi) is 13.1. The first-order valence-corrected chi connectivity index (χ1v) is 5.80. The van der Waals surface area contributed by atoms with E-state index in [9.17, 15) is 14.7 Å². The zero-order valence-electron chi connectivity index (χ0n) is 11.3. The van der Waals surface area contributed by atoms with Crippen LogP contribution in [-0.4, -0.2) is 34.1 Å². The van der Waals surface area contributed by atoms with Crippen LogP contribution >= 0.6 is 0 Å². The van der Waals surface area contributed by atoms with Gasteiger partial charge < -0.3 is 15.3 Å². The number of carboxylic acid groups (broad SMARTS) is 2. The first-order chi connectivity index (χ1) is 8.47. The van der Waals surface area contributed by atoms with Crippen molar-refractivity contribution >= 4 is 17.8 Å². The third-order valence-electron chi connectivity index (χ3n) is 2.13. The molecule has 0 radical (unpaired) electrons. The van der Waals surface area contributed by atoms with Gasteiger partial charge in [0.2, 0.25) is 0 Å². The number of carboxylic acids is 2. The monoisotopic (exact) mass is 279 g/mol. The minimum atomic E-state index is -1.28. The molecule has 0 heterocycles. The Bertz CT molecular complexity index is 341. The van der Waals surface area contributed by atoms with E-state index in [-0.39, 0.29) is 48.8 Å². The Balaban J connectivity index is 0. The van der Waals surface area contributed by atoms with Crippen LogP contribution in [0.3, 0.4) is 0 Å². The molecule has 0 spiro atoms. The summed E-state index contributed by atoms with van der Waals surface area (Å²) in [5, 5.41) is 28.6. The molecule has 0 amide bonds. The molecule has 0 aliphatic heterocycles. The number of carbonyl (C=O) groups is 2. The average Bonchev–Trinajstić information content (AvgIpc) is 2.29. The Morgan fingerprint density at radius 2 is 1.95 bits per heavy atom. The maximum atomic E-state index is 11.3. The number of rotatable bonds is 9. The molecule has 2 N–H and O–H groups in total. The maximum Gasteiger partial charge on any atom is 1.00 e. The van der Waals surface area contributed by atoms with Crippen LogP contribution < -0.4 is 34.7 Å². The third-order valence-corrected chi connectivity index (χ3v) is 2.13. The second-order valence-corrected chi connectivity index (χ2v) is 3.77. The van der Waals surface area contributed by atoms with Crippen LogP contribution in [-0.2, 0) is 9.59 Å². The molecule has 0 fully saturated rings. The van der Waals surface area contributed by atoms with Gasteiger partial charge >= 0.3 is 41.5 Å². The van der Waals surface area contributed by atoms with Crippen LogP contribution in [0.15, 0.2) is 17.1 Å². The molecule has 19 heavy (non-hydrogen) atoms. The number of hydrogen-bond acceptors (Lipinski definition) is 4. The van der Waals surface area contributed by atoms with Crippen molar-refractivity contribution in [2.24, 2.45) is 4.99 Å². The van der Waals surface area contributed by atoms with E-state index in [0.717, 1.165) is 12.8 Å². The molecule has 0 aliphatic rings. The summed E-state index contributed by atoms with van der Waals surface area (Å²) in [6, 6.07) is -1.27. The molecule has 6 nitrogen and oxygen atoms in total. The van der Waals surface area contributed by atoms with Gasteiger partial charge in [0.05, 0.1) is 0 Å². The van der Waals surface area contributed by atoms with Crippen molar-refractivity contribution in [1.82, 2.24) is 0 Å². The summed E-state index contributed by atoms with van der Waals surface area (Å²) in [7, 11) is 0. The maximum absolute atomic E-state index is 11.3. The van der Waals surface area contributed by atoms with Crippen LogP contribution in [0.4, 0.5) is 0 Å². The van der Waals surface area contributed by atoms with Gasteiger partial charge in [-0.15, -0.1) is 0 Å². The van der Waals surface area contributed by atoms with Crippen LogP contribution in [0, 0.1) is 0 Å². The summed E-state index contributed by atoms with van der Waals surface area (Å²) in [6.45, 7) is 2.00. The molecule has 0 saturated heterocycles. The van der Waals surface area contributed by atoms with E-state index in [4.69, 9.17) is 10.2 Å². The number of aliphatic imine (C=N–C) groups is 1. The molecule has 0 aromatic rings. The average molecular weight is 279 g/mol. The fourth-order valence-electron chi connectivity index (χ4n) is 1.20. The van der Waals surface area contributed by atoms with Crippen molar-refractivity contribution in [2.75, 3.05) is 0 Å². The van der Waals surface area contributed by atoms with E-state index in [2.05, 4.69) is 4.99 Å². The van der Waals surface area contributed by atoms with E-state index in [0.29, 0.717) is 0 Å². The van der Waals surface area contributed by atoms with Gasteiger partial charge in [-0.3, -0.25) is 9.79 Å². The molecule has 0 saturated carbocycles. The predicted molar refractivity (Wildman–Crippen MR) is 64.4 cm³/mol. The van der Waals surface area contributed by atoms with Crippen LogP contribution in [0.5, 0.6) is 0 Å². The largest absolute Gasteiger partial charge is 1.00 e. The Morgan fingerprint density at radius 1 is 1.32 bits per heavy atom. The minimum Gasteiger partial charge on any atom is -0.862 e. The van der Waals surface area contributed by atoms with Gasteiger partial charge in [-0.05, 0) is 25.2 Å². The fraction of sp³-hybridized carbons (Fsp3) is 0.583. The molecule has 0 unspecified atom stereocenters. The summed E-state index contributed by atoms with van der Waals surface area (Å²) < 4.78 is 0. The molecule has 1 atom stereocenters. The van der Waals surface area contributed by atoms with Gasteiger partial charge in [0, 0.05) is 6.42 Å². The molecule has 102 valence electrons. The van der Waals surface area contributed by atoms with Crippen molar-refractivity contribution in [3.8, 4) is 0 Å². The summed E-state index contributed by atoms with van der Waals surface area (Å²) in [6.07, 6.45) is 4.87. The summed E-state index contributed by atoms with van der Waals surface area (Å²) >= 11 is 0. The van der Waals surface area contributed by atoms with Gasteiger partial charge in [0.1, 0.15) is 6.04 Å². The summed E-state index contributed by atoms with van der Waals surface area (Å²) in [5.74, 6) is -2.92. The van der Waals surface area contributed by atoms with Crippen molar-refractivity contribution < 1.29 is 54.5 Å². The second kappa shape index (κ2) is 12.2. The van der Waals surface area contributed by atoms with Crippen LogP contribution in [0.1, 0.15) is 39.0 Å². The zero-order chi connectivity index (χ0) is 14.0. The number of unbranched alkanes of at least 4 members (excludes halogenated alkanes) is 1. The molecule has 0 bridgehead atoms. The molecular weight excluding hydrogens is 261 g/mol. The van der Waals surface area contributed by atoms with Crippen molar-refractivity contribution in [3.05, 3.63) is 12.2 Å². The predicted octanol–water partition coefficient (Wildman–Crippen LogP) is -2.19. The van der Waals surface area contributed by atoms with E-state index in [1.165, 1.54) is 0 Å². The molecular formula is C12H18NNaO5. The van der Waals surface area contributed by atoms with E-state index in [1.807, 2.05) is 13.0 Å². The van der Waals surface area contributed by atoms with E-state index >= 15 is 0 Å². The summed E-state index contributed by atoms with van der Waals surface area (Å²) in [4.78, 5) is 24.6. The molecule has 0 aromatic heterocycles. The number of allylic oxidation sites excluding steroid dienone is 1. The number of nitrogens with zero attached hydrogens (tertiary/aromatic N) is 1. The first kappa shape index (κ1) is 20.5. The normalized spacial score (nSPS) is 13.0. The first-order valence-electron chi connectivity index (χ1n) is 5.80. The Hall–Kier alpha value is -0.850. The number of aliphatic carboxylic acids is 2. The van der Waals surface area contributed by atoms with Crippen molar-refractivity contribution in [2.45, 2.75) is 45.1 Å². The van der Waals surface area contributed by atoms with Crippen molar-refractivity contribution in [3.63, 3.8) is 0 Å². The van der Waals surface area contributed by atoms with Crippen LogP contribution in [0.2, 0.25) is 0 Å². The molecule has 0 aromatic carbocycles. The smallest absolute Gasteiger partial charge is 0.862 e. The Labute approximate surface area is 134 Å². The van der Waals surface area contributed by atoms with E-state index in [1.54, 1.807) is 6.08 Å².